The molecule has 0 fully saturated rings. The lowest BCUT2D eigenvalue weighted by molar-refractivity contribution is 0.245. The normalized spacial score (nSPS) is 13.5. The van der Waals surface area contributed by atoms with Gasteiger partial charge in [-0.25, -0.2) is 4.98 Å². The van der Waals surface area contributed by atoms with E-state index in [4.69, 9.17) is 10.7 Å². The van der Waals surface area contributed by atoms with E-state index in [1.165, 1.54) is 5.56 Å². The van der Waals surface area contributed by atoms with Crippen molar-refractivity contribution in [2.24, 2.45) is 5.73 Å². The minimum absolute atomic E-state index is 0.490. The van der Waals surface area contributed by atoms with E-state index in [9.17, 15) is 5.26 Å². The number of hydrogen-bond acceptors (Lipinski definition) is 6. The van der Waals surface area contributed by atoms with Gasteiger partial charge in [-0.2, -0.15) is 5.26 Å². The molecule has 0 atom stereocenters. The van der Waals surface area contributed by atoms with E-state index in [1.807, 2.05) is 12.1 Å². The lowest BCUT2D eigenvalue weighted by Crippen LogP contribution is -2.32. The second-order valence-electron chi connectivity index (χ2n) is 6.58. The molecule has 0 bridgehead atoms. The highest BCUT2D eigenvalue weighted by molar-refractivity contribution is 5.66. The molecule has 1 aromatic carbocycles. The van der Waals surface area contributed by atoms with Crippen LogP contribution in [0.3, 0.4) is 0 Å². The Morgan fingerprint density at radius 2 is 2.04 bits per heavy atom. The summed E-state index contributed by atoms with van der Waals surface area (Å²) < 4.78 is 0. The van der Waals surface area contributed by atoms with Crippen molar-refractivity contribution >= 4 is 11.6 Å². The predicted molar refractivity (Wildman–Crippen MR) is 109 cm³/mol. The molecule has 0 saturated carbocycles. The number of nitrogens with one attached hydrogen (secondary N) is 2. The summed E-state index contributed by atoms with van der Waals surface area (Å²) in [6.07, 6.45) is 2.64. The van der Waals surface area contributed by atoms with Crippen LogP contribution < -0.4 is 16.4 Å². The number of hydrogen-bond donors (Lipinski definition) is 3. The zero-order valence-electron chi connectivity index (χ0n) is 15.5. The molecule has 1 aliphatic rings. The first-order chi connectivity index (χ1) is 13.3. The van der Waals surface area contributed by atoms with Crippen LogP contribution in [0.2, 0.25) is 0 Å². The molecule has 6 nitrogen and oxygen atoms in total. The van der Waals surface area contributed by atoms with E-state index in [0.717, 1.165) is 43.0 Å². The fraction of sp³-hybridized carbons (Fsp3) is 0.333. The number of fused-ring (bicyclic) bond motifs is 1. The smallest absolute Gasteiger partial charge is 0.146 e. The van der Waals surface area contributed by atoms with Crippen LogP contribution in [0.1, 0.15) is 22.3 Å². The van der Waals surface area contributed by atoms with E-state index in [2.05, 4.69) is 52.4 Å². The molecule has 6 heteroatoms. The van der Waals surface area contributed by atoms with Crippen molar-refractivity contribution in [2.45, 2.75) is 19.5 Å². The van der Waals surface area contributed by atoms with Crippen LogP contribution in [0.25, 0.3) is 0 Å². The maximum atomic E-state index is 9.73. The number of nitrogens with two attached hydrogens (primary N) is 1. The molecule has 140 valence electrons. The van der Waals surface area contributed by atoms with E-state index >= 15 is 0 Å². The summed E-state index contributed by atoms with van der Waals surface area (Å²) in [6.45, 7) is 8.05. The summed E-state index contributed by atoms with van der Waals surface area (Å²) in [5.41, 5.74) is 9.73. The Morgan fingerprint density at radius 3 is 2.74 bits per heavy atom. The summed E-state index contributed by atoms with van der Waals surface area (Å²) in [5, 5.41) is 16.3. The first kappa shape index (κ1) is 18.9. The zero-order valence-corrected chi connectivity index (χ0v) is 15.5. The quantitative estimate of drug-likeness (QED) is 0.625. The van der Waals surface area contributed by atoms with Crippen molar-refractivity contribution < 1.29 is 0 Å². The highest BCUT2D eigenvalue weighted by Gasteiger charge is 2.25. The summed E-state index contributed by atoms with van der Waals surface area (Å²) in [7, 11) is 0. The van der Waals surface area contributed by atoms with E-state index in [0.29, 0.717) is 31.0 Å². The van der Waals surface area contributed by atoms with Gasteiger partial charge in [0.2, 0.25) is 0 Å². The van der Waals surface area contributed by atoms with Crippen molar-refractivity contribution in [1.82, 2.24) is 9.88 Å². The molecule has 1 aliphatic heterocycles. The number of pyridine rings is 1. The van der Waals surface area contributed by atoms with Crippen molar-refractivity contribution in [3.63, 3.8) is 0 Å². The number of nitrogens with zero attached hydrogens (tertiary/aromatic N) is 3. The van der Waals surface area contributed by atoms with Crippen molar-refractivity contribution in [3.8, 4) is 6.07 Å². The van der Waals surface area contributed by atoms with Gasteiger partial charge in [0.25, 0.3) is 0 Å². The zero-order chi connectivity index (χ0) is 19.1. The second-order valence-corrected chi connectivity index (χ2v) is 6.58. The van der Waals surface area contributed by atoms with Crippen LogP contribution in [0, 0.1) is 11.3 Å². The molecule has 0 amide bonds. The van der Waals surface area contributed by atoms with Crippen molar-refractivity contribution in [3.05, 3.63) is 65.2 Å². The highest BCUT2D eigenvalue weighted by atomic mass is 15.1. The third-order valence-electron chi connectivity index (χ3n) is 4.68. The standard InChI is InChI=1S/C21H26N6/c1-2-10-24-21-19-15-27(14-16-6-4-3-5-7-16)12-8-17(19)18(13-23)20(26-21)25-11-9-22/h2-7H,1,8-12,14-15,22H2,(H2,24,25,26). The minimum atomic E-state index is 0.490. The number of nitriles is 1. The Balaban J connectivity index is 1.92. The maximum Gasteiger partial charge on any atom is 0.146 e. The Kier molecular flexibility index (Phi) is 6.42. The van der Waals surface area contributed by atoms with Crippen LogP contribution in [0.5, 0.6) is 0 Å². The third-order valence-corrected chi connectivity index (χ3v) is 4.68. The summed E-state index contributed by atoms with van der Waals surface area (Å²) >= 11 is 0. The SMILES string of the molecule is C=CCNc1nc(NCCN)c(C#N)c2c1CN(Cc1ccccc1)CC2. The van der Waals surface area contributed by atoms with Crippen molar-refractivity contribution in [2.75, 3.05) is 36.8 Å². The predicted octanol–water partition coefficient (Wildman–Crippen LogP) is 2.48. The van der Waals surface area contributed by atoms with Crippen LogP contribution in [-0.4, -0.2) is 36.1 Å². The van der Waals surface area contributed by atoms with Gasteiger partial charge >= 0.3 is 0 Å². The molecule has 2 heterocycles. The Labute approximate surface area is 160 Å². The van der Waals surface area contributed by atoms with Gasteiger partial charge in [0.15, 0.2) is 0 Å². The van der Waals surface area contributed by atoms with Gasteiger partial charge < -0.3 is 16.4 Å². The minimum Gasteiger partial charge on any atom is -0.368 e. The molecule has 0 saturated heterocycles. The largest absolute Gasteiger partial charge is 0.368 e. The lowest BCUT2D eigenvalue weighted by atomic mass is 9.95. The van der Waals surface area contributed by atoms with Gasteiger partial charge in [0, 0.05) is 44.8 Å². The summed E-state index contributed by atoms with van der Waals surface area (Å²) in [6, 6.07) is 12.8. The Morgan fingerprint density at radius 1 is 1.22 bits per heavy atom. The molecule has 1 aromatic heterocycles. The lowest BCUT2D eigenvalue weighted by Gasteiger charge is -2.31. The van der Waals surface area contributed by atoms with Gasteiger partial charge in [-0.05, 0) is 17.5 Å². The van der Waals surface area contributed by atoms with Gasteiger partial charge in [-0.3, -0.25) is 4.90 Å². The molecule has 27 heavy (non-hydrogen) atoms. The van der Waals surface area contributed by atoms with Crippen molar-refractivity contribution in [1.29, 1.82) is 5.26 Å². The average molecular weight is 362 g/mol. The number of anilines is 2. The van der Waals surface area contributed by atoms with Gasteiger partial charge in [-0.15, -0.1) is 6.58 Å². The number of aromatic nitrogens is 1. The number of rotatable bonds is 8. The Bertz CT molecular complexity index is 825. The van der Waals surface area contributed by atoms with Crippen LogP contribution >= 0.6 is 0 Å². The second kappa shape index (κ2) is 9.17. The molecule has 0 radical (unpaired) electrons. The molecule has 2 aromatic rings. The topological polar surface area (TPSA) is 90.0 Å². The molecule has 4 N–H and O–H groups in total. The fourth-order valence-electron chi connectivity index (χ4n) is 3.42. The van der Waals surface area contributed by atoms with Crippen LogP contribution in [0.4, 0.5) is 11.6 Å². The first-order valence-corrected chi connectivity index (χ1v) is 9.27. The molecular formula is C21H26N6. The Hall–Kier alpha value is -2.88. The fourth-order valence-corrected chi connectivity index (χ4v) is 3.42. The van der Waals surface area contributed by atoms with E-state index in [-0.39, 0.29) is 0 Å². The van der Waals surface area contributed by atoms with Crippen LogP contribution in [-0.2, 0) is 19.5 Å². The van der Waals surface area contributed by atoms with Gasteiger partial charge in [0.1, 0.15) is 17.7 Å². The highest BCUT2D eigenvalue weighted by Crippen LogP contribution is 2.32. The summed E-state index contributed by atoms with van der Waals surface area (Å²) in [5.74, 6) is 1.44. The van der Waals surface area contributed by atoms with E-state index < -0.39 is 0 Å². The maximum absolute atomic E-state index is 9.73. The van der Waals surface area contributed by atoms with Gasteiger partial charge in [-0.1, -0.05) is 36.4 Å². The summed E-state index contributed by atoms with van der Waals surface area (Å²) in [4.78, 5) is 7.09. The first-order valence-electron chi connectivity index (χ1n) is 9.27. The molecule has 0 aliphatic carbocycles. The van der Waals surface area contributed by atoms with Gasteiger partial charge in [0.05, 0.1) is 5.56 Å². The third kappa shape index (κ3) is 4.45. The molecule has 0 spiro atoms. The van der Waals surface area contributed by atoms with Crippen LogP contribution in [0.15, 0.2) is 43.0 Å². The average Bonchev–Trinajstić information content (AvgIpc) is 2.71. The molecule has 3 rings (SSSR count). The van der Waals surface area contributed by atoms with E-state index in [1.54, 1.807) is 0 Å². The molecule has 0 unspecified atom stereocenters. The number of benzene rings is 1. The molecular weight excluding hydrogens is 336 g/mol. The monoisotopic (exact) mass is 362 g/mol.